The van der Waals surface area contributed by atoms with Gasteiger partial charge in [0, 0.05) is 76.7 Å². The number of alkyl halides is 6. The van der Waals surface area contributed by atoms with Gasteiger partial charge in [-0.25, -0.2) is 14.4 Å². The molecule has 0 aromatic carbocycles. The number of aliphatic carboxylic acids is 2. The lowest BCUT2D eigenvalue weighted by molar-refractivity contribution is -0.193. The number of amides is 3. The zero-order valence-corrected chi connectivity index (χ0v) is 24.7. The Morgan fingerprint density at radius 1 is 0.867 bits per heavy atom. The molecule has 4 fully saturated rings. The monoisotopic (exact) mass is 653 g/mol. The number of hydrogen-bond donors (Lipinski definition) is 2. The summed E-state index contributed by atoms with van der Waals surface area (Å²) in [5.41, 5.74) is 0.876. The molecule has 1 aromatic heterocycles. The largest absolute Gasteiger partial charge is 0.490 e. The number of piperidine rings is 1. The molecule has 1 unspecified atom stereocenters. The minimum absolute atomic E-state index is 0.0298. The summed E-state index contributed by atoms with van der Waals surface area (Å²) in [7, 11) is 0. The maximum absolute atomic E-state index is 13.7. The number of nitrogens with zero attached hydrogens (tertiary/aromatic N) is 5. The van der Waals surface area contributed by atoms with Crippen molar-refractivity contribution in [1.29, 1.82) is 0 Å². The molecule has 0 radical (unpaired) electrons. The van der Waals surface area contributed by atoms with Crippen molar-refractivity contribution in [2.24, 2.45) is 10.8 Å². The maximum atomic E-state index is 13.7. The number of carboxylic acids is 2. The molecule has 4 aliphatic rings. The van der Waals surface area contributed by atoms with E-state index in [4.69, 9.17) is 19.8 Å². The van der Waals surface area contributed by atoms with Crippen molar-refractivity contribution in [3.05, 3.63) is 30.1 Å². The van der Waals surface area contributed by atoms with Gasteiger partial charge in [0.25, 0.3) is 0 Å². The third-order valence-electron chi connectivity index (χ3n) is 8.90. The molecule has 0 saturated carbocycles. The van der Waals surface area contributed by atoms with Crippen LogP contribution in [0.3, 0.4) is 0 Å². The number of carboxylic acid groups (broad SMARTS) is 2. The van der Waals surface area contributed by atoms with Crippen LogP contribution in [0.1, 0.15) is 44.6 Å². The van der Waals surface area contributed by atoms with Crippen molar-refractivity contribution in [1.82, 2.24) is 24.6 Å². The molecule has 17 heteroatoms. The van der Waals surface area contributed by atoms with Crippen molar-refractivity contribution in [3.8, 4) is 0 Å². The smallest absolute Gasteiger partial charge is 0.475 e. The molecular weight excluding hydrogens is 616 g/mol. The van der Waals surface area contributed by atoms with Crippen molar-refractivity contribution in [3.63, 3.8) is 0 Å². The van der Waals surface area contributed by atoms with E-state index < -0.39 is 24.3 Å². The van der Waals surface area contributed by atoms with Gasteiger partial charge in [-0.15, -0.1) is 0 Å². The summed E-state index contributed by atoms with van der Waals surface area (Å²) in [4.78, 5) is 57.3. The first-order valence-corrected chi connectivity index (χ1v) is 14.5. The predicted molar refractivity (Wildman–Crippen MR) is 146 cm³/mol. The van der Waals surface area contributed by atoms with Crippen LogP contribution in [0.5, 0.6) is 0 Å². The van der Waals surface area contributed by atoms with Crippen LogP contribution in [0.15, 0.2) is 24.5 Å². The van der Waals surface area contributed by atoms with Crippen molar-refractivity contribution < 1.29 is 55.7 Å². The second-order valence-corrected chi connectivity index (χ2v) is 11.6. The fraction of sp³-hybridized carbons (Fsp3) is 0.679. The van der Waals surface area contributed by atoms with E-state index in [1.165, 1.54) is 5.56 Å². The topological polar surface area (TPSA) is 135 Å². The lowest BCUT2D eigenvalue weighted by Gasteiger charge is -2.47. The highest BCUT2D eigenvalue weighted by Crippen LogP contribution is 2.58. The number of rotatable bonds is 3. The molecule has 2 spiro atoms. The van der Waals surface area contributed by atoms with Gasteiger partial charge in [-0.05, 0) is 50.7 Å². The number of halogens is 6. The molecule has 0 aliphatic carbocycles. The zero-order valence-electron chi connectivity index (χ0n) is 24.7. The number of carbonyl (C=O) groups excluding carboxylic acids is 2. The minimum Gasteiger partial charge on any atom is -0.475 e. The molecule has 4 saturated heterocycles. The van der Waals surface area contributed by atoms with E-state index in [1.807, 2.05) is 28.3 Å². The Balaban J connectivity index is 0.000000331. The molecule has 0 bridgehead atoms. The lowest BCUT2D eigenvalue weighted by Crippen LogP contribution is -2.55. The summed E-state index contributed by atoms with van der Waals surface area (Å²) in [6.45, 7) is 9.70. The highest BCUT2D eigenvalue weighted by atomic mass is 19.4. The fourth-order valence-corrected chi connectivity index (χ4v) is 6.69. The molecule has 4 aliphatic heterocycles. The highest BCUT2D eigenvalue weighted by molar-refractivity contribution is 5.87. The first-order valence-electron chi connectivity index (χ1n) is 14.5. The summed E-state index contributed by atoms with van der Waals surface area (Å²) >= 11 is 0. The van der Waals surface area contributed by atoms with Crippen LogP contribution in [-0.4, -0.2) is 123 Å². The summed E-state index contributed by atoms with van der Waals surface area (Å²) in [6.07, 6.45) is -1.37. The second kappa shape index (κ2) is 14.2. The first kappa shape index (κ1) is 35.8. The molecule has 5 heterocycles. The third kappa shape index (κ3) is 8.35. The molecule has 252 valence electrons. The van der Waals surface area contributed by atoms with Gasteiger partial charge < -0.3 is 24.9 Å². The van der Waals surface area contributed by atoms with E-state index in [-0.39, 0.29) is 16.9 Å². The molecule has 1 aromatic rings. The number of aromatic nitrogens is 1. The SMILES string of the molecule is CCN1CCC2(CN(Cc3cccnc3)CC23CCN(C(=O)N2CCCC2)CC3)C1=O.O=C(O)C(F)(F)F.O=C(O)C(F)(F)F. The summed E-state index contributed by atoms with van der Waals surface area (Å²) in [6, 6.07) is 4.31. The van der Waals surface area contributed by atoms with Gasteiger partial charge in [-0.3, -0.25) is 14.7 Å². The van der Waals surface area contributed by atoms with E-state index in [2.05, 4.69) is 27.8 Å². The van der Waals surface area contributed by atoms with Crippen molar-refractivity contribution >= 4 is 23.9 Å². The van der Waals surface area contributed by atoms with Gasteiger partial charge in [-0.1, -0.05) is 6.07 Å². The van der Waals surface area contributed by atoms with Gasteiger partial charge in [0.05, 0.1) is 5.41 Å². The summed E-state index contributed by atoms with van der Waals surface area (Å²) < 4.78 is 63.5. The van der Waals surface area contributed by atoms with E-state index >= 15 is 0 Å². The van der Waals surface area contributed by atoms with E-state index in [1.54, 1.807) is 0 Å². The van der Waals surface area contributed by atoms with Gasteiger partial charge in [-0.2, -0.15) is 26.3 Å². The Bertz CT molecular complexity index is 1180. The Morgan fingerprint density at radius 3 is 1.84 bits per heavy atom. The van der Waals surface area contributed by atoms with Crippen LogP contribution >= 0.6 is 0 Å². The van der Waals surface area contributed by atoms with Gasteiger partial charge >= 0.3 is 30.3 Å². The first-order chi connectivity index (χ1) is 21.0. The summed E-state index contributed by atoms with van der Waals surface area (Å²) in [5.74, 6) is -5.16. The fourth-order valence-electron chi connectivity index (χ4n) is 6.69. The van der Waals surface area contributed by atoms with Crippen LogP contribution in [0.4, 0.5) is 31.1 Å². The lowest BCUT2D eigenvalue weighted by atomic mass is 9.60. The molecule has 2 N–H and O–H groups in total. The number of carbonyl (C=O) groups is 4. The van der Waals surface area contributed by atoms with Crippen molar-refractivity contribution in [2.75, 3.05) is 52.4 Å². The Hall–Kier alpha value is -3.63. The van der Waals surface area contributed by atoms with Crippen LogP contribution in [0.25, 0.3) is 0 Å². The average Bonchev–Trinajstić information content (AvgIpc) is 3.69. The van der Waals surface area contributed by atoms with E-state index in [0.29, 0.717) is 5.91 Å². The quantitative estimate of drug-likeness (QED) is 0.472. The molecular formula is C28H37F6N5O6. The Morgan fingerprint density at radius 2 is 1.40 bits per heavy atom. The molecule has 5 rings (SSSR count). The maximum Gasteiger partial charge on any atom is 0.490 e. The normalized spacial score (nSPS) is 23.1. The standard InChI is InChI=1S/C24H35N5O2.2C2HF3O2/c1-2-27-15-9-24(21(27)30)19-26(17-20-6-5-10-25-16-20)18-23(24)7-13-29(14-8-23)22(31)28-11-3-4-12-28;2*3-2(4,5)1(6)7/h5-6,10,16H,2-4,7-9,11-15,17-19H2,1H3;2*(H,6,7). The Labute approximate surface area is 255 Å². The number of hydrogen-bond acceptors (Lipinski definition) is 6. The zero-order chi connectivity index (χ0) is 33.6. The number of pyridine rings is 1. The van der Waals surface area contributed by atoms with Crippen molar-refractivity contribution in [2.45, 2.75) is 57.9 Å². The van der Waals surface area contributed by atoms with Gasteiger partial charge in [0.1, 0.15) is 0 Å². The van der Waals surface area contributed by atoms with E-state index in [9.17, 15) is 35.9 Å². The summed E-state index contributed by atoms with van der Waals surface area (Å²) in [5, 5.41) is 14.2. The van der Waals surface area contributed by atoms with Crippen LogP contribution in [0.2, 0.25) is 0 Å². The van der Waals surface area contributed by atoms with Gasteiger partial charge in [0.2, 0.25) is 5.91 Å². The van der Waals surface area contributed by atoms with Gasteiger partial charge in [0.15, 0.2) is 0 Å². The molecule has 45 heavy (non-hydrogen) atoms. The average molecular weight is 654 g/mol. The number of likely N-dealkylation sites (tertiary alicyclic amines) is 4. The number of urea groups is 1. The predicted octanol–water partition coefficient (Wildman–Crippen LogP) is 3.70. The molecule has 11 nitrogen and oxygen atoms in total. The molecule has 3 amide bonds. The van der Waals surface area contributed by atoms with Crippen LogP contribution in [0, 0.1) is 10.8 Å². The highest BCUT2D eigenvalue weighted by Gasteiger charge is 2.65. The minimum atomic E-state index is -5.08. The number of fused-ring (bicyclic) bond motifs is 1. The third-order valence-corrected chi connectivity index (χ3v) is 8.90. The molecule has 1 atom stereocenters. The van der Waals surface area contributed by atoms with Crippen LogP contribution in [-0.2, 0) is 20.9 Å². The second-order valence-electron chi connectivity index (χ2n) is 11.6. The van der Waals surface area contributed by atoms with Crippen LogP contribution < -0.4 is 0 Å². The Kier molecular flexibility index (Phi) is 11.3. The van der Waals surface area contributed by atoms with E-state index in [0.717, 1.165) is 91.0 Å².